The first-order chi connectivity index (χ1) is 14.2. The van der Waals surface area contributed by atoms with Gasteiger partial charge >= 0.3 is 12.1 Å². The molecule has 1 aromatic heterocycles. The Morgan fingerprint density at radius 3 is 2.47 bits per heavy atom. The molecule has 2 aromatic rings. The highest BCUT2D eigenvalue weighted by molar-refractivity contribution is 7.12. The van der Waals surface area contributed by atoms with Gasteiger partial charge in [0.25, 0.3) is 5.91 Å². The minimum Gasteiger partial charge on any atom is -0.466 e. The number of carbonyl (C=O) groups excluding carboxylic acids is 2. The number of esters is 1. The molecule has 4 nitrogen and oxygen atoms in total. The number of thiophene rings is 1. The number of ether oxygens (including phenoxy) is 1. The van der Waals surface area contributed by atoms with Gasteiger partial charge < -0.3 is 9.64 Å². The lowest BCUT2D eigenvalue weighted by Gasteiger charge is -2.40. The molecule has 3 rings (SSSR count). The Hall–Kier alpha value is -2.35. The summed E-state index contributed by atoms with van der Waals surface area (Å²) >= 11 is 1.38. The minimum absolute atomic E-state index is 0.0703. The summed E-state index contributed by atoms with van der Waals surface area (Å²) in [5.74, 6) is -0.485. The molecular formula is C22H24F3NO3S. The predicted octanol–water partition coefficient (Wildman–Crippen LogP) is 5.10. The molecule has 8 heteroatoms. The van der Waals surface area contributed by atoms with Crippen molar-refractivity contribution in [3.05, 3.63) is 57.3 Å². The average Bonchev–Trinajstić information content (AvgIpc) is 3.13. The number of benzene rings is 1. The van der Waals surface area contributed by atoms with Gasteiger partial charge in [-0.05, 0) is 61.7 Å². The largest absolute Gasteiger partial charge is 0.466 e. The van der Waals surface area contributed by atoms with Gasteiger partial charge in [0.05, 0.1) is 22.5 Å². The van der Waals surface area contributed by atoms with E-state index in [1.54, 1.807) is 17.9 Å². The number of carbonyl (C=O) groups is 2. The average molecular weight is 439 g/mol. The van der Waals surface area contributed by atoms with Crippen LogP contribution >= 0.6 is 11.3 Å². The number of alkyl halides is 3. The fourth-order valence-electron chi connectivity index (χ4n) is 3.86. The smallest absolute Gasteiger partial charge is 0.416 e. The van der Waals surface area contributed by atoms with E-state index in [2.05, 4.69) is 0 Å². The van der Waals surface area contributed by atoms with Crippen LogP contribution in [0.25, 0.3) is 0 Å². The molecule has 0 atom stereocenters. The van der Waals surface area contributed by atoms with Crippen molar-refractivity contribution in [3.63, 3.8) is 0 Å². The molecule has 30 heavy (non-hydrogen) atoms. The van der Waals surface area contributed by atoms with Crippen LogP contribution < -0.4 is 0 Å². The van der Waals surface area contributed by atoms with Gasteiger partial charge in [-0.2, -0.15) is 13.2 Å². The topological polar surface area (TPSA) is 46.6 Å². The summed E-state index contributed by atoms with van der Waals surface area (Å²) in [6, 6.07) is 6.95. The van der Waals surface area contributed by atoms with Gasteiger partial charge in [0.1, 0.15) is 0 Å². The number of amides is 1. The van der Waals surface area contributed by atoms with Crippen molar-refractivity contribution in [1.82, 2.24) is 4.90 Å². The van der Waals surface area contributed by atoms with Crippen molar-refractivity contribution < 1.29 is 27.5 Å². The Kier molecular flexibility index (Phi) is 6.55. The molecule has 1 saturated heterocycles. The third-order valence-electron chi connectivity index (χ3n) is 5.57. The lowest BCUT2D eigenvalue weighted by molar-refractivity contribution is -0.158. The van der Waals surface area contributed by atoms with Gasteiger partial charge in [-0.15, -0.1) is 11.3 Å². The summed E-state index contributed by atoms with van der Waals surface area (Å²) in [4.78, 5) is 28.0. The van der Waals surface area contributed by atoms with Gasteiger partial charge in [-0.3, -0.25) is 9.59 Å². The van der Waals surface area contributed by atoms with E-state index >= 15 is 0 Å². The summed E-state index contributed by atoms with van der Waals surface area (Å²) in [6.07, 6.45) is -3.60. The molecule has 1 fully saturated rings. The maximum absolute atomic E-state index is 13.1. The number of piperidine rings is 1. The first kappa shape index (κ1) is 22.3. The standard InChI is InChI=1S/C22H24F3NO3S/c1-3-29-20(28)21(14-16-5-4-6-17(13-16)22(23,24)25)8-10-26(11-9-21)19(27)18-15(2)7-12-30-18/h4-7,12-13H,3,8-11,14H2,1-2H3. The Morgan fingerprint density at radius 1 is 1.20 bits per heavy atom. The van der Waals surface area contributed by atoms with E-state index in [-0.39, 0.29) is 18.9 Å². The molecule has 162 valence electrons. The van der Waals surface area contributed by atoms with E-state index in [4.69, 9.17) is 4.74 Å². The van der Waals surface area contributed by atoms with Crippen molar-refractivity contribution >= 4 is 23.2 Å². The number of hydrogen-bond acceptors (Lipinski definition) is 4. The Bertz CT molecular complexity index is 914. The summed E-state index contributed by atoms with van der Waals surface area (Å²) in [6.45, 7) is 4.49. The van der Waals surface area contributed by atoms with Crippen LogP contribution in [0.5, 0.6) is 0 Å². The van der Waals surface area contributed by atoms with E-state index in [0.29, 0.717) is 36.4 Å². The zero-order chi connectivity index (χ0) is 21.9. The highest BCUT2D eigenvalue weighted by Crippen LogP contribution is 2.39. The van der Waals surface area contributed by atoms with Crippen molar-refractivity contribution in [2.75, 3.05) is 19.7 Å². The van der Waals surface area contributed by atoms with Gasteiger partial charge in [0, 0.05) is 13.1 Å². The molecule has 0 bridgehead atoms. The second-order valence-corrected chi connectivity index (χ2v) is 8.52. The van der Waals surface area contributed by atoms with Gasteiger partial charge in [0.2, 0.25) is 0 Å². The molecular weight excluding hydrogens is 415 g/mol. The number of aryl methyl sites for hydroxylation is 1. The molecule has 1 amide bonds. The molecule has 1 aliphatic rings. The molecule has 2 heterocycles. The first-order valence-corrected chi connectivity index (χ1v) is 10.7. The van der Waals surface area contributed by atoms with Crippen LogP contribution in [0.3, 0.4) is 0 Å². The third-order valence-corrected chi connectivity index (χ3v) is 6.57. The van der Waals surface area contributed by atoms with Crippen LogP contribution in [-0.2, 0) is 22.1 Å². The molecule has 0 aliphatic carbocycles. The SMILES string of the molecule is CCOC(=O)C1(Cc2cccc(C(F)(F)F)c2)CCN(C(=O)c2sccc2C)CC1. The normalized spacial score (nSPS) is 16.4. The predicted molar refractivity (Wildman–Crippen MR) is 108 cm³/mol. The van der Waals surface area contributed by atoms with Crippen molar-refractivity contribution in [2.24, 2.45) is 5.41 Å². The molecule has 0 N–H and O–H groups in total. The lowest BCUT2D eigenvalue weighted by Crippen LogP contribution is -2.48. The van der Waals surface area contributed by atoms with Crippen LogP contribution in [0, 0.1) is 12.3 Å². The fraction of sp³-hybridized carbons (Fsp3) is 0.455. The molecule has 1 aromatic carbocycles. The Balaban J connectivity index is 1.80. The van der Waals surface area contributed by atoms with Crippen LogP contribution in [0.2, 0.25) is 0 Å². The molecule has 0 spiro atoms. The van der Waals surface area contributed by atoms with E-state index in [1.807, 2.05) is 18.4 Å². The monoisotopic (exact) mass is 439 g/mol. The highest BCUT2D eigenvalue weighted by atomic mass is 32.1. The number of rotatable bonds is 5. The number of hydrogen-bond donors (Lipinski definition) is 0. The zero-order valence-corrected chi connectivity index (χ0v) is 17.7. The quantitative estimate of drug-likeness (QED) is 0.609. The summed E-state index contributed by atoms with van der Waals surface area (Å²) in [5, 5.41) is 1.86. The Morgan fingerprint density at radius 2 is 1.90 bits per heavy atom. The maximum Gasteiger partial charge on any atom is 0.416 e. The van der Waals surface area contributed by atoms with Gasteiger partial charge in [-0.25, -0.2) is 0 Å². The van der Waals surface area contributed by atoms with Crippen molar-refractivity contribution in [3.8, 4) is 0 Å². The number of likely N-dealkylation sites (tertiary alicyclic amines) is 1. The van der Waals surface area contributed by atoms with Crippen molar-refractivity contribution in [1.29, 1.82) is 0 Å². The molecule has 1 aliphatic heterocycles. The van der Waals surface area contributed by atoms with Crippen LogP contribution in [0.15, 0.2) is 35.7 Å². The van der Waals surface area contributed by atoms with E-state index in [9.17, 15) is 22.8 Å². The first-order valence-electron chi connectivity index (χ1n) is 9.83. The zero-order valence-electron chi connectivity index (χ0n) is 16.9. The van der Waals surface area contributed by atoms with Crippen LogP contribution in [0.4, 0.5) is 13.2 Å². The van der Waals surface area contributed by atoms with E-state index in [1.165, 1.54) is 17.4 Å². The van der Waals surface area contributed by atoms with E-state index < -0.39 is 23.1 Å². The minimum atomic E-state index is -4.44. The van der Waals surface area contributed by atoms with Crippen molar-refractivity contribution in [2.45, 2.75) is 39.3 Å². The fourth-order valence-corrected chi connectivity index (χ4v) is 4.75. The highest BCUT2D eigenvalue weighted by Gasteiger charge is 2.44. The second kappa shape index (κ2) is 8.79. The van der Waals surface area contributed by atoms with Crippen LogP contribution in [-0.4, -0.2) is 36.5 Å². The van der Waals surface area contributed by atoms with Crippen LogP contribution in [0.1, 0.15) is 46.1 Å². The molecule has 0 radical (unpaired) electrons. The van der Waals surface area contributed by atoms with E-state index in [0.717, 1.165) is 17.7 Å². The number of halogens is 3. The second-order valence-electron chi connectivity index (χ2n) is 7.60. The van der Waals surface area contributed by atoms with Gasteiger partial charge in [0.15, 0.2) is 0 Å². The molecule has 0 unspecified atom stereocenters. The lowest BCUT2D eigenvalue weighted by atomic mass is 9.73. The third kappa shape index (κ3) is 4.69. The van der Waals surface area contributed by atoms with Gasteiger partial charge in [-0.1, -0.05) is 18.2 Å². The number of nitrogens with zero attached hydrogens (tertiary/aromatic N) is 1. The maximum atomic E-state index is 13.1. The summed E-state index contributed by atoms with van der Waals surface area (Å²) in [5.41, 5.74) is -0.329. The Labute approximate surface area is 177 Å². The summed E-state index contributed by atoms with van der Waals surface area (Å²) in [7, 11) is 0. The summed E-state index contributed by atoms with van der Waals surface area (Å²) < 4.78 is 44.6. The molecule has 0 saturated carbocycles.